The lowest BCUT2D eigenvalue weighted by Gasteiger charge is -2.19. The van der Waals surface area contributed by atoms with E-state index in [9.17, 15) is 19.2 Å². The van der Waals surface area contributed by atoms with E-state index in [1.54, 1.807) is 19.1 Å². The van der Waals surface area contributed by atoms with E-state index in [0.717, 1.165) is 31.2 Å². The average Bonchev–Trinajstić information content (AvgIpc) is 2.90. The van der Waals surface area contributed by atoms with E-state index in [4.69, 9.17) is 0 Å². The third-order valence-electron chi connectivity index (χ3n) is 5.65. The maximum absolute atomic E-state index is 13.3. The van der Waals surface area contributed by atoms with Crippen LogP contribution >= 0.6 is 0 Å². The molecule has 2 N–H and O–H groups in total. The minimum atomic E-state index is -0.762. The predicted octanol–water partition coefficient (Wildman–Crippen LogP) is 2.66. The van der Waals surface area contributed by atoms with E-state index in [2.05, 4.69) is 22.5 Å². The first-order valence-corrected chi connectivity index (χ1v) is 11.0. The molecule has 0 bridgehead atoms. The number of benzene rings is 1. The Morgan fingerprint density at radius 3 is 2.81 bits per heavy atom. The van der Waals surface area contributed by atoms with Crippen molar-refractivity contribution in [3.63, 3.8) is 0 Å². The SMILES string of the molecule is CCCCCCC(=O)NCc1ccc2nc(C)n(C3CCCC(=O)NC3=O)c(=O)c2c1. The zero-order chi connectivity index (χ0) is 22.4. The Balaban J connectivity index is 1.80. The highest BCUT2D eigenvalue weighted by Gasteiger charge is 2.28. The summed E-state index contributed by atoms with van der Waals surface area (Å²) in [6.45, 7) is 4.15. The molecule has 3 amide bonds. The number of amides is 3. The molecule has 1 fully saturated rings. The molecule has 1 aromatic carbocycles. The van der Waals surface area contributed by atoms with Crippen molar-refractivity contribution in [1.82, 2.24) is 20.2 Å². The zero-order valence-corrected chi connectivity index (χ0v) is 18.2. The number of carbonyl (C=O) groups excluding carboxylic acids is 3. The number of fused-ring (bicyclic) bond motifs is 1. The van der Waals surface area contributed by atoms with Crippen LogP contribution in [0.1, 0.15) is 75.7 Å². The highest BCUT2D eigenvalue weighted by molar-refractivity contribution is 5.98. The van der Waals surface area contributed by atoms with Gasteiger partial charge in [0.15, 0.2) is 0 Å². The van der Waals surface area contributed by atoms with Crippen molar-refractivity contribution in [2.75, 3.05) is 0 Å². The first-order valence-electron chi connectivity index (χ1n) is 11.0. The molecule has 1 aliphatic rings. The summed E-state index contributed by atoms with van der Waals surface area (Å²) < 4.78 is 1.38. The van der Waals surface area contributed by atoms with Crippen molar-refractivity contribution in [3.8, 4) is 0 Å². The Hall–Kier alpha value is -3.03. The van der Waals surface area contributed by atoms with Gasteiger partial charge in [-0.3, -0.25) is 29.1 Å². The van der Waals surface area contributed by atoms with E-state index in [1.165, 1.54) is 4.57 Å². The Kier molecular flexibility index (Phi) is 7.55. The molecule has 1 saturated heterocycles. The highest BCUT2D eigenvalue weighted by Crippen LogP contribution is 2.20. The molecule has 166 valence electrons. The molecule has 1 aromatic heterocycles. The molecule has 3 rings (SSSR count). The summed E-state index contributed by atoms with van der Waals surface area (Å²) in [4.78, 5) is 53.9. The molecule has 31 heavy (non-hydrogen) atoms. The lowest BCUT2D eigenvalue weighted by molar-refractivity contribution is -0.131. The molecule has 0 radical (unpaired) electrons. The number of aromatic nitrogens is 2. The summed E-state index contributed by atoms with van der Waals surface area (Å²) in [5, 5.41) is 5.64. The van der Waals surface area contributed by atoms with Crippen LogP contribution in [-0.2, 0) is 20.9 Å². The van der Waals surface area contributed by atoms with Gasteiger partial charge in [-0.1, -0.05) is 32.3 Å². The molecule has 8 heteroatoms. The molecular weight excluding hydrogens is 396 g/mol. The van der Waals surface area contributed by atoms with Crippen LogP contribution in [0.25, 0.3) is 10.9 Å². The minimum Gasteiger partial charge on any atom is -0.352 e. The lowest BCUT2D eigenvalue weighted by Crippen LogP contribution is -2.39. The number of carbonyl (C=O) groups is 3. The van der Waals surface area contributed by atoms with Gasteiger partial charge < -0.3 is 5.32 Å². The monoisotopic (exact) mass is 426 g/mol. The summed E-state index contributed by atoms with van der Waals surface area (Å²) in [5.41, 5.74) is 1.02. The van der Waals surface area contributed by atoms with Gasteiger partial charge in [-0.05, 0) is 43.9 Å². The van der Waals surface area contributed by atoms with Crippen molar-refractivity contribution in [3.05, 3.63) is 39.9 Å². The summed E-state index contributed by atoms with van der Waals surface area (Å²) in [6.07, 6.45) is 5.86. The zero-order valence-electron chi connectivity index (χ0n) is 18.2. The summed E-state index contributed by atoms with van der Waals surface area (Å²) in [5.74, 6) is -0.365. The van der Waals surface area contributed by atoms with Crippen molar-refractivity contribution >= 4 is 28.6 Å². The maximum atomic E-state index is 13.3. The molecular formula is C23H30N4O4. The smallest absolute Gasteiger partial charge is 0.262 e. The van der Waals surface area contributed by atoms with Crippen molar-refractivity contribution in [2.24, 2.45) is 0 Å². The number of nitrogens with one attached hydrogen (secondary N) is 2. The molecule has 1 aliphatic heterocycles. The average molecular weight is 427 g/mol. The first-order chi connectivity index (χ1) is 14.9. The van der Waals surface area contributed by atoms with Crippen molar-refractivity contribution in [1.29, 1.82) is 0 Å². The molecule has 0 saturated carbocycles. The number of imide groups is 1. The van der Waals surface area contributed by atoms with Gasteiger partial charge in [0.1, 0.15) is 11.9 Å². The van der Waals surface area contributed by atoms with E-state index in [0.29, 0.717) is 42.5 Å². The van der Waals surface area contributed by atoms with Crippen LogP contribution in [-0.4, -0.2) is 27.3 Å². The van der Waals surface area contributed by atoms with Crippen molar-refractivity contribution < 1.29 is 14.4 Å². The van der Waals surface area contributed by atoms with Crippen LogP contribution in [0, 0.1) is 6.92 Å². The van der Waals surface area contributed by atoms with E-state index >= 15 is 0 Å². The second-order valence-electron chi connectivity index (χ2n) is 8.09. The molecule has 1 unspecified atom stereocenters. The Morgan fingerprint density at radius 1 is 1.23 bits per heavy atom. The normalized spacial score (nSPS) is 16.8. The maximum Gasteiger partial charge on any atom is 0.262 e. The van der Waals surface area contributed by atoms with Gasteiger partial charge in [-0.15, -0.1) is 0 Å². The fourth-order valence-electron chi connectivity index (χ4n) is 3.95. The molecule has 0 spiro atoms. The largest absolute Gasteiger partial charge is 0.352 e. The molecule has 2 aromatic rings. The number of hydrogen-bond donors (Lipinski definition) is 2. The van der Waals surface area contributed by atoms with Crippen LogP contribution in [0.3, 0.4) is 0 Å². The van der Waals surface area contributed by atoms with Crippen molar-refractivity contribution in [2.45, 2.75) is 77.8 Å². The number of nitrogens with zero attached hydrogens (tertiary/aromatic N) is 2. The van der Waals surface area contributed by atoms with Gasteiger partial charge in [0.2, 0.25) is 17.7 Å². The highest BCUT2D eigenvalue weighted by atomic mass is 16.2. The fourth-order valence-corrected chi connectivity index (χ4v) is 3.95. The third kappa shape index (κ3) is 5.57. The van der Waals surface area contributed by atoms with Crippen LogP contribution < -0.4 is 16.2 Å². The van der Waals surface area contributed by atoms with Crippen LogP contribution in [0.4, 0.5) is 0 Å². The Bertz CT molecular complexity index is 1040. The molecule has 0 aliphatic carbocycles. The summed E-state index contributed by atoms with van der Waals surface area (Å²) >= 11 is 0. The Labute approximate surface area is 181 Å². The summed E-state index contributed by atoms with van der Waals surface area (Å²) in [7, 11) is 0. The standard InChI is InChI=1S/C23H30N4O4/c1-3-4-5-6-9-20(28)24-14-16-11-12-18-17(13-16)23(31)27(15(2)25-18)19-8-7-10-21(29)26-22(19)30/h11-13,19H,3-10,14H2,1-2H3,(H,24,28)(H,26,29,30). The second kappa shape index (κ2) is 10.3. The topological polar surface area (TPSA) is 110 Å². The van der Waals surface area contributed by atoms with Gasteiger partial charge in [0, 0.05) is 19.4 Å². The molecule has 8 nitrogen and oxygen atoms in total. The number of aryl methyl sites for hydroxylation is 1. The van der Waals surface area contributed by atoms with E-state index in [-0.39, 0.29) is 23.8 Å². The van der Waals surface area contributed by atoms with Gasteiger partial charge in [-0.2, -0.15) is 0 Å². The first kappa shape index (κ1) is 22.7. The van der Waals surface area contributed by atoms with Gasteiger partial charge in [0.25, 0.3) is 5.56 Å². The van der Waals surface area contributed by atoms with Crippen LogP contribution in [0.15, 0.2) is 23.0 Å². The second-order valence-corrected chi connectivity index (χ2v) is 8.09. The predicted molar refractivity (Wildman–Crippen MR) is 117 cm³/mol. The minimum absolute atomic E-state index is 0.00423. The number of unbranched alkanes of at least 4 members (excludes halogenated alkanes) is 3. The van der Waals surface area contributed by atoms with Gasteiger partial charge in [-0.25, -0.2) is 4.98 Å². The fraction of sp³-hybridized carbons (Fsp3) is 0.522. The van der Waals surface area contributed by atoms with Gasteiger partial charge in [0.05, 0.1) is 10.9 Å². The molecule has 2 heterocycles. The number of hydrogen-bond acceptors (Lipinski definition) is 5. The van der Waals surface area contributed by atoms with E-state index in [1.807, 2.05) is 6.07 Å². The molecule has 1 atom stereocenters. The summed E-state index contributed by atoms with van der Waals surface area (Å²) in [6, 6.07) is 4.56. The number of rotatable bonds is 8. The van der Waals surface area contributed by atoms with Crippen LogP contribution in [0.2, 0.25) is 0 Å². The van der Waals surface area contributed by atoms with Crippen LogP contribution in [0.5, 0.6) is 0 Å². The third-order valence-corrected chi connectivity index (χ3v) is 5.65. The quantitative estimate of drug-likeness (QED) is 0.498. The van der Waals surface area contributed by atoms with E-state index < -0.39 is 11.9 Å². The lowest BCUT2D eigenvalue weighted by atomic mass is 10.1. The Morgan fingerprint density at radius 2 is 2.03 bits per heavy atom. The van der Waals surface area contributed by atoms with Gasteiger partial charge >= 0.3 is 0 Å².